The lowest BCUT2D eigenvalue weighted by Gasteiger charge is -2.09. The molecule has 0 saturated carbocycles. The molecular formula is C12H9F3N2O. The van der Waals surface area contributed by atoms with Crippen molar-refractivity contribution >= 4 is 0 Å². The maximum Gasteiger partial charge on any atom is 0.416 e. The van der Waals surface area contributed by atoms with E-state index in [0.717, 1.165) is 12.1 Å². The maximum atomic E-state index is 12.6. The number of nitrogens with one attached hydrogen (secondary N) is 1. The average Bonchev–Trinajstić information content (AvgIpc) is 2.31. The molecule has 0 fully saturated rings. The SMILES string of the molecule is Cc1n[nH]c(=O)cc1-c1cccc(C(F)(F)F)c1. The zero-order chi connectivity index (χ0) is 13.3. The number of aromatic amines is 1. The molecule has 0 amide bonds. The number of halogens is 3. The van der Waals surface area contributed by atoms with E-state index < -0.39 is 17.3 Å². The second-order valence-electron chi connectivity index (χ2n) is 3.81. The van der Waals surface area contributed by atoms with Crippen LogP contribution in [0.1, 0.15) is 11.3 Å². The Balaban J connectivity index is 2.58. The number of aromatic nitrogens is 2. The van der Waals surface area contributed by atoms with E-state index in [-0.39, 0.29) is 0 Å². The van der Waals surface area contributed by atoms with Gasteiger partial charge >= 0.3 is 6.18 Å². The summed E-state index contributed by atoms with van der Waals surface area (Å²) in [5, 5.41) is 5.95. The van der Waals surface area contributed by atoms with Crippen molar-refractivity contribution in [1.29, 1.82) is 0 Å². The van der Waals surface area contributed by atoms with Crippen LogP contribution in [0.25, 0.3) is 11.1 Å². The smallest absolute Gasteiger partial charge is 0.268 e. The number of aryl methyl sites for hydroxylation is 1. The molecule has 2 aromatic rings. The normalized spacial score (nSPS) is 11.6. The molecule has 2 rings (SSSR count). The minimum absolute atomic E-state index is 0.320. The summed E-state index contributed by atoms with van der Waals surface area (Å²) in [6.45, 7) is 1.62. The number of hydrogen-bond donors (Lipinski definition) is 1. The lowest BCUT2D eigenvalue weighted by Crippen LogP contribution is -2.09. The predicted octanol–water partition coefficient (Wildman–Crippen LogP) is 2.76. The van der Waals surface area contributed by atoms with Gasteiger partial charge in [0.2, 0.25) is 0 Å². The number of hydrogen-bond acceptors (Lipinski definition) is 2. The van der Waals surface area contributed by atoms with Gasteiger partial charge in [0.15, 0.2) is 0 Å². The van der Waals surface area contributed by atoms with Crippen LogP contribution in [0.2, 0.25) is 0 Å². The van der Waals surface area contributed by atoms with Crippen molar-refractivity contribution in [2.45, 2.75) is 13.1 Å². The van der Waals surface area contributed by atoms with Gasteiger partial charge in [-0.05, 0) is 24.6 Å². The first-order valence-corrected chi connectivity index (χ1v) is 5.12. The monoisotopic (exact) mass is 254 g/mol. The van der Waals surface area contributed by atoms with Gasteiger partial charge in [-0.3, -0.25) is 4.79 Å². The molecule has 0 aliphatic heterocycles. The summed E-state index contributed by atoms with van der Waals surface area (Å²) in [5.74, 6) is 0. The molecule has 1 aromatic heterocycles. The van der Waals surface area contributed by atoms with Crippen LogP contribution >= 0.6 is 0 Å². The van der Waals surface area contributed by atoms with Crippen molar-refractivity contribution in [3.63, 3.8) is 0 Å². The first kappa shape index (κ1) is 12.3. The van der Waals surface area contributed by atoms with Gasteiger partial charge < -0.3 is 0 Å². The third-order valence-corrected chi connectivity index (χ3v) is 2.50. The second-order valence-corrected chi connectivity index (χ2v) is 3.81. The number of rotatable bonds is 1. The molecule has 0 saturated heterocycles. The summed E-state index contributed by atoms with van der Waals surface area (Å²) in [5.41, 5.74) is -0.0209. The highest BCUT2D eigenvalue weighted by atomic mass is 19.4. The Hall–Kier alpha value is -2.11. The fourth-order valence-corrected chi connectivity index (χ4v) is 1.62. The Morgan fingerprint density at radius 1 is 1.22 bits per heavy atom. The number of nitrogens with zero attached hydrogens (tertiary/aromatic N) is 1. The van der Waals surface area contributed by atoms with Gasteiger partial charge in [0, 0.05) is 11.6 Å². The van der Waals surface area contributed by atoms with Crippen molar-refractivity contribution in [3.8, 4) is 11.1 Å². The third-order valence-electron chi connectivity index (χ3n) is 2.50. The van der Waals surface area contributed by atoms with Crippen LogP contribution in [0.3, 0.4) is 0 Å². The fraction of sp³-hybridized carbons (Fsp3) is 0.167. The molecule has 94 valence electrons. The third kappa shape index (κ3) is 2.42. The molecule has 0 aliphatic carbocycles. The highest BCUT2D eigenvalue weighted by molar-refractivity contribution is 5.65. The van der Waals surface area contributed by atoms with E-state index in [1.54, 1.807) is 6.92 Å². The highest BCUT2D eigenvalue weighted by Crippen LogP contribution is 2.32. The molecule has 1 heterocycles. The Labute approximate surface area is 100 Å². The Kier molecular flexibility index (Phi) is 2.94. The van der Waals surface area contributed by atoms with Gasteiger partial charge in [-0.2, -0.15) is 18.3 Å². The first-order chi connectivity index (χ1) is 8.38. The number of H-pyrrole nitrogens is 1. The highest BCUT2D eigenvalue weighted by Gasteiger charge is 2.30. The second kappa shape index (κ2) is 4.29. The molecule has 1 aromatic carbocycles. The predicted molar refractivity (Wildman–Crippen MR) is 60.0 cm³/mol. The van der Waals surface area contributed by atoms with E-state index in [0.29, 0.717) is 16.8 Å². The van der Waals surface area contributed by atoms with Crippen LogP contribution < -0.4 is 5.56 Å². The van der Waals surface area contributed by atoms with Crippen LogP contribution in [-0.4, -0.2) is 10.2 Å². The van der Waals surface area contributed by atoms with Gasteiger partial charge in [0.05, 0.1) is 11.3 Å². The zero-order valence-electron chi connectivity index (χ0n) is 9.38. The van der Waals surface area contributed by atoms with E-state index in [4.69, 9.17) is 0 Å². The van der Waals surface area contributed by atoms with E-state index in [9.17, 15) is 18.0 Å². The summed E-state index contributed by atoms with van der Waals surface area (Å²) in [6, 6.07) is 6.04. The van der Waals surface area contributed by atoms with Gasteiger partial charge in [-0.1, -0.05) is 12.1 Å². The summed E-state index contributed by atoms with van der Waals surface area (Å²) in [7, 11) is 0. The Bertz CT molecular complexity index is 632. The van der Waals surface area contributed by atoms with Crippen LogP contribution in [0.5, 0.6) is 0 Å². The van der Waals surface area contributed by atoms with Crippen LogP contribution in [0.15, 0.2) is 35.1 Å². The van der Waals surface area contributed by atoms with Crippen LogP contribution in [-0.2, 0) is 6.18 Å². The van der Waals surface area contributed by atoms with Gasteiger partial charge in [-0.15, -0.1) is 0 Å². The summed E-state index contributed by atoms with van der Waals surface area (Å²) < 4.78 is 37.7. The van der Waals surface area contributed by atoms with E-state index in [1.807, 2.05) is 0 Å². The van der Waals surface area contributed by atoms with Crippen molar-refractivity contribution < 1.29 is 13.2 Å². The lowest BCUT2D eigenvalue weighted by atomic mass is 10.0. The molecule has 0 radical (unpaired) electrons. The molecular weight excluding hydrogens is 245 g/mol. The van der Waals surface area contributed by atoms with Gasteiger partial charge in [-0.25, -0.2) is 5.10 Å². The summed E-state index contributed by atoms with van der Waals surface area (Å²) in [6.07, 6.45) is -4.40. The van der Waals surface area contributed by atoms with Crippen LogP contribution in [0.4, 0.5) is 13.2 Å². The van der Waals surface area contributed by atoms with E-state index >= 15 is 0 Å². The lowest BCUT2D eigenvalue weighted by molar-refractivity contribution is -0.137. The maximum absolute atomic E-state index is 12.6. The largest absolute Gasteiger partial charge is 0.416 e. The standard InChI is InChI=1S/C12H9F3N2O/c1-7-10(6-11(18)17-16-7)8-3-2-4-9(5-8)12(13,14)15/h2-6H,1H3,(H,17,18). The van der Waals surface area contributed by atoms with Gasteiger partial charge in [0.25, 0.3) is 5.56 Å². The first-order valence-electron chi connectivity index (χ1n) is 5.12. The fourth-order valence-electron chi connectivity index (χ4n) is 1.62. The molecule has 1 N–H and O–H groups in total. The minimum Gasteiger partial charge on any atom is -0.268 e. The Morgan fingerprint density at radius 3 is 2.61 bits per heavy atom. The average molecular weight is 254 g/mol. The molecule has 3 nitrogen and oxygen atoms in total. The molecule has 0 aliphatic rings. The van der Waals surface area contributed by atoms with E-state index in [1.165, 1.54) is 18.2 Å². The van der Waals surface area contributed by atoms with Crippen molar-refractivity contribution in [3.05, 3.63) is 51.9 Å². The van der Waals surface area contributed by atoms with Gasteiger partial charge in [0.1, 0.15) is 0 Å². The summed E-state index contributed by atoms with van der Waals surface area (Å²) in [4.78, 5) is 11.2. The molecule has 0 bridgehead atoms. The molecule has 0 atom stereocenters. The van der Waals surface area contributed by atoms with Crippen molar-refractivity contribution in [2.24, 2.45) is 0 Å². The quantitative estimate of drug-likeness (QED) is 0.850. The molecule has 0 unspecified atom stereocenters. The summed E-state index contributed by atoms with van der Waals surface area (Å²) >= 11 is 0. The zero-order valence-corrected chi connectivity index (χ0v) is 9.38. The number of alkyl halides is 3. The minimum atomic E-state index is -4.40. The van der Waals surface area contributed by atoms with Crippen LogP contribution in [0, 0.1) is 6.92 Å². The Morgan fingerprint density at radius 2 is 1.94 bits per heavy atom. The van der Waals surface area contributed by atoms with E-state index in [2.05, 4.69) is 10.2 Å². The molecule has 0 spiro atoms. The van der Waals surface area contributed by atoms with Crippen molar-refractivity contribution in [2.75, 3.05) is 0 Å². The van der Waals surface area contributed by atoms with Crippen molar-refractivity contribution in [1.82, 2.24) is 10.2 Å². The number of benzene rings is 1. The molecule has 6 heteroatoms. The molecule has 18 heavy (non-hydrogen) atoms. The topological polar surface area (TPSA) is 45.8 Å².